The van der Waals surface area contributed by atoms with Gasteiger partial charge in [0.05, 0.1) is 6.54 Å². The number of nitrogens with zero attached hydrogens (tertiary/aromatic N) is 2. The molecule has 0 spiro atoms. The van der Waals surface area contributed by atoms with Crippen molar-refractivity contribution in [2.75, 3.05) is 26.2 Å². The molecule has 1 saturated heterocycles. The minimum atomic E-state index is 0.275. The van der Waals surface area contributed by atoms with E-state index in [0.717, 1.165) is 45.4 Å². The molecule has 0 saturated carbocycles. The molecule has 0 radical (unpaired) electrons. The normalized spacial score (nSPS) is 26.7. The Hall–Kier alpha value is -0.910. The van der Waals surface area contributed by atoms with Crippen LogP contribution in [-0.4, -0.2) is 47.9 Å². The van der Waals surface area contributed by atoms with Crippen LogP contribution in [-0.2, 0) is 17.8 Å². The summed E-state index contributed by atoms with van der Waals surface area (Å²) >= 11 is 1.82. The second-order valence-electron chi connectivity index (χ2n) is 6.29. The lowest BCUT2D eigenvalue weighted by molar-refractivity contribution is -0.133. The van der Waals surface area contributed by atoms with Gasteiger partial charge in [0.15, 0.2) is 0 Å². The van der Waals surface area contributed by atoms with Gasteiger partial charge in [-0.15, -0.1) is 11.3 Å². The van der Waals surface area contributed by atoms with Crippen LogP contribution in [0.5, 0.6) is 0 Å². The Kier molecular flexibility index (Phi) is 4.62. The average molecular weight is 307 g/mol. The molecule has 3 heterocycles. The van der Waals surface area contributed by atoms with Gasteiger partial charge in [-0.1, -0.05) is 13.3 Å². The molecule has 116 valence electrons. The van der Waals surface area contributed by atoms with Crippen LogP contribution in [0, 0.1) is 5.92 Å². The minimum absolute atomic E-state index is 0.275. The lowest BCUT2D eigenvalue weighted by Crippen LogP contribution is -2.50. The summed E-state index contributed by atoms with van der Waals surface area (Å²) < 4.78 is 0. The van der Waals surface area contributed by atoms with Gasteiger partial charge in [0, 0.05) is 37.1 Å². The molecule has 1 aromatic rings. The zero-order valence-electron chi connectivity index (χ0n) is 12.8. The fourth-order valence-electron chi connectivity index (χ4n) is 3.45. The van der Waals surface area contributed by atoms with Gasteiger partial charge in [0.2, 0.25) is 5.91 Å². The molecule has 1 fully saturated rings. The third-order valence-corrected chi connectivity index (χ3v) is 5.94. The van der Waals surface area contributed by atoms with Crippen molar-refractivity contribution in [2.45, 2.75) is 38.8 Å². The molecule has 0 aliphatic carbocycles. The number of rotatable bonds is 3. The lowest BCUT2D eigenvalue weighted by Gasteiger charge is -2.37. The van der Waals surface area contributed by atoms with Crippen LogP contribution in [0.15, 0.2) is 11.4 Å². The number of carbonyl (C=O) groups is 1. The van der Waals surface area contributed by atoms with Gasteiger partial charge in [0.1, 0.15) is 0 Å². The number of amides is 1. The van der Waals surface area contributed by atoms with Crippen molar-refractivity contribution >= 4 is 17.2 Å². The molecule has 21 heavy (non-hydrogen) atoms. The maximum absolute atomic E-state index is 12.5. The van der Waals surface area contributed by atoms with Crippen LogP contribution >= 0.6 is 11.3 Å². The summed E-state index contributed by atoms with van der Waals surface area (Å²) in [6, 6.07) is 2.47. The van der Waals surface area contributed by atoms with E-state index in [4.69, 9.17) is 5.73 Å². The fraction of sp³-hybridized carbons (Fsp3) is 0.688. The number of likely N-dealkylation sites (tertiary alicyclic amines) is 1. The van der Waals surface area contributed by atoms with Crippen LogP contribution in [0.4, 0.5) is 0 Å². The SMILES string of the molecule is CCC1CN(CC(=O)N2CCc3sccc3C2)CCC1N. The van der Waals surface area contributed by atoms with Crippen molar-refractivity contribution < 1.29 is 4.79 Å². The Labute approximate surface area is 130 Å². The van der Waals surface area contributed by atoms with Crippen LogP contribution in [0.2, 0.25) is 0 Å². The second-order valence-corrected chi connectivity index (χ2v) is 7.29. The quantitative estimate of drug-likeness (QED) is 0.924. The molecule has 2 aliphatic heterocycles. The molecule has 1 amide bonds. The largest absolute Gasteiger partial charge is 0.337 e. The van der Waals surface area contributed by atoms with Crippen molar-refractivity contribution in [2.24, 2.45) is 11.7 Å². The molecular formula is C16H25N3OS. The Bertz CT molecular complexity index is 501. The van der Waals surface area contributed by atoms with E-state index in [1.54, 1.807) is 0 Å². The molecule has 4 nitrogen and oxygen atoms in total. The maximum atomic E-state index is 12.5. The molecule has 3 rings (SSSR count). The zero-order valence-corrected chi connectivity index (χ0v) is 13.6. The highest BCUT2D eigenvalue weighted by Gasteiger charge is 2.28. The summed E-state index contributed by atoms with van der Waals surface area (Å²) in [6.07, 6.45) is 3.13. The summed E-state index contributed by atoms with van der Waals surface area (Å²) in [5.74, 6) is 0.813. The van der Waals surface area contributed by atoms with Gasteiger partial charge >= 0.3 is 0 Å². The van der Waals surface area contributed by atoms with Crippen LogP contribution < -0.4 is 5.73 Å². The molecule has 0 bridgehead atoms. The summed E-state index contributed by atoms with van der Waals surface area (Å²) in [6.45, 7) is 6.35. The summed E-state index contributed by atoms with van der Waals surface area (Å²) in [7, 11) is 0. The first-order valence-corrected chi connectivity index (χ1v) is 8.86. The smallest absolute Gasteiger partial charge is 0.237 e. The van der Waals surface area contributed by atoms with Gasteiger partial charge in [-0.25, -0.2) is 0 Å². The Morgan fingerprint density at radius 1 is 1.48 bits per heavy atom. The minimum Gasteiger partial charge on any atom is -0.337 e. The third kappa shape index (κ3) is 3.30. The Morgan fingerprint density at radius 2 is 2.33 bits per heavy atom. The topological polar surface area (TPSA) is 49.6 Å². The molecule has 1 aromatic heterocycles. The van der Waals surface area contributed by atoms with E-state index in [1.165, 1.54) is 10.4 Å². The van der Waals surface area contributed by atoms with E-state index in [0.29, 0.717) is 18.5 Å². The van der Waals surface area contributed by atoms with Gasteiger partial charge < -0.3 is 10.6 Å². The number of hydrogen-bond donors (Lipinski definition) is 1. The van der Waals surface area contributed by atoms with Crippen molar-refractivity contribution in [3.05, 3.63) is 21.9 Å². The highest BCUT2D eigenvalue weighted by Crippen LogP contribution is 2.24. The second kappa shape index (κ2) is 6.46. The first-order valence-electron chi connectivity index (χ1n) is 7.98. The number of nitrogens with two attached hydrogens (primary N) is 1. The highest BCUT2D eigenvalue weighted by atomic mass is 32.1. The highest BCUT2D eigenvalue weighted by molar-refractivity contribution is 7.10. The summed E-state index contributed by atoms with van der Waals surface area (Å²) in [5.41, 5.74) is 7.49. The first kappa shape index (κ1) is 15.0. The van der Waals surface area contributed by atoms with Gasteiger partial charge in [-0.2, -0.15) is 0 Å². The molecule has 2 unspecified atom stereocenters. The number of piperidine rings is 1. The first-order chi connectivity index (χ1) is 10.2. The van der Waals surface area contributed by atoms with Gasteiger partial charge in [0.25, 0.3) is 0 Å². The molecule has 0 aromatic carbocycles. The molecule has 5 heteroatoms. The van der Waals surface area contributed by atoms with E-state index in [-0.39, 0.29) is 5.91 Å². The Morgan fingerprint density at radius 3 is 3.14 bits per heavy atom. The number of fused-ring (bicyclic) bond motifs is 1. The zero-order chi connectivity index (χ0) is 14.8. The van der Waals surface area contributed by atoms with E-state index in [1.807, 2.05) is 16.2 Å². The third-order valence-electron chi connectivity index (χ3n) is 4.92. The van der Waals surface area contributed by atoms with E-state index in [9.17, 15) is 4.79 Å². The number of thiophene rings is 1. The monoisotopic (exact) mass is 307 g/mol. The molecule has 2 atom stereocenters. The standard InChI is InChI=1S/C16H25N3OS/c1-2-12-9-18(6-3-14(12)17)11-16(20)19-7-4-15-13(10-19)5-8-21-15/h5,8,12,14H,2-4,6-7,9-11,17H2,1H3. The van der Waals surface area contributed by atoms with Gasteiger partial charge in [-0.3, -0.25) is 9.69 Å². The summed E-state index contributed by atoms with van der Waals surface area (Å²) in [5, 5.41) is 2.14. The predicted molar refractivity (Wildman–Crippen MR) is 86.3 cm³/mol. The van der Waals surface area contributed by atoms with Crippen molar-refractivity contribution in [1.82, 2.24) is 9.80 Å². The van der Waals surface area contributed by atoms with Crippen LogP contribution in [0.3, 0.4) is 0 Å². The number of carbonyl (C=O) groups excluding carboxylic acids is 1. The summed E-state index contributed by atoms with van der Waals surface area (Å²) in [4.78, 5) is 18.3. The number of hydrogen-bond acceptors (Lipinski definition) is 4. The van der Waals surface area contributed by atoms with Crippen LogP contribution in [0.25, 0.3) is 0 Å². The molecule has 2 aliphatic rings. The predicted octanol–water partition coefficient (Wildman–Crippen LogP) is 1.69. The lowest BCUT2D eigenvalue weighted by atomic mass is 9.91. The van der Waals surface area contributed by atoms with Crippen molar-refractivity contribution in [1.29, 1.82) is 0 Å². The Balaban J connectivity index is 1.55. The van der Waals surface area contributed by atoms with E-state index in [2.05, 4.69) is 23.3 Å². The average Bonchev–Trinajstić information content (AvgIpc) is 2.96. The fourth-order valence-corrected chi connectivity index (χ4v) is 4.34. The molecule has 2 N–H and O–H groups in total. The van der Waals surface area contributed by atoms with Crippen molar-refractivity contribution in [3.8, 4) is 0 Å². The van der Waals surface area contributed by atoms with Crippen molar-refractivity contribution in [3.63, 3.8) is 0 Å². The molecular weight excluding hydrogens is 282 g/mol. The van der Waals surface area contributed by atoms with Gasteiger partial charge in [-0.05, 0) is 35.8 Å². The van der Waals surface area contributed by atoms with E-state index >= 15 is 0 Å². The maximum Gasteiger partial charge on any atom is 0.237 e. The van der Waals surface area contributed by atoms with Crippen LogP contribution in [0.1, 0.15) is 30.2 Å². The van der Waals surface area contributed by atoms with E-state index < -0.39 is 0 Å².